The number of piperazine rings is 1. The van der Waals surface area contributed by atoms with Gasteiger partial charge in [-0.3, -0.25) is 14.5 Å². The number of carbonyl (C=O) groups is 2. The van der Waals surface area contributed by atoms with Gasteiger partial charge in [-0.2, -0.15) is 0 Å². The predicted molar refractivity (Wildman–Crippen MR) is 113 cm³/mol. The van der Waals surface area contributed by atoms with Crippen LogP contribution in [-0.2, 0) is 10.2 Å². The van der Waals surface area contributed by atoms with Gasteiger partial charge in [0.05, 0.1) is 6.54 Å². The fourth-order valence-corrected chi connectivity index (χ4v) is 4.13. The first-order valence-electron chi connectivity index (χ1n) is 10.7. The molecule has 2 fully saturated rings. The smallest absolute Gasteiger partial charge is 0.253 e. The van der Waals surface area contributed by atoms with Crippen molar-refractivity contribution in [2.45, 2.75) is 64.3 Å². The molecule has 1 N–H and O–H groups in total. The van der Waals surface area contributed by atoms with Gasteiger partial charge < -0.3 is 10.2 Å². The molecule has 0 bridgehead atoms. The maximum atomic E-state index is 12.8. The Morgan fingerprint density at radius 2 is 1.57 bits per heavy atom. The molecule has 3 rings (SSSR count). The third-order valence-electron chi connectivity index (χ3n) is 5.99. The number of nitrogens with one attached hydrogen (secondary N) is 1. The number of rotatable bonds is 4. The Hall–Kier alpha value is -1.88. The summed E-state index contributed by atoms with van der Waals surface area (Å²) in [5.74, 6) is 0.219. The number of carbonyl (C=O) groups excluding carboxylic acids is 2. The molecule has 1 saturated carbocycles. The van der Waals surface area contributed by atoms with Crippen LogP contribution in [0.2, 0.25) is 0 Å². The second-order valence-corrected chi connectivity index (χ2v) is 9.30. The third-order valence-corrected chi connectivity index (χ3v) is 5.99. The Morgan fingerprint density at radius 1 is 0.964 bits per heavy atom. The number of amides is 2. The van der Waals surface area contributed by atoms with Gasteiger partial charge in [0.2, 0.25) is 5.91 Å². The van der Waals surface area contributed by atoms with E-state index >= 15 is 0 Å². The van der Waals surface area contributed by atoms with Crippen molar-refractivity contribution in [3.63, 3.8) is 0 Å². The lowest BCUT2D eigenvalue weighted by atomic mass is 9.86. The first-order chi connectivity index (χ1) is 13.3. The summed E-state index contributed by atoms with van der Waals surface area (Å²) >= 11 is 0. The molecule has 28 heavy (non-hydrogen) atoms. The van der Waals surface area contributed by atoms with Crippen LogP contribution in [0.4, 0.5) is 0 Å². The Morgan fingerprint density at radius 3 is 2.14 bits per heavy atom. The van der Waals surface area contributed by atoms with E-state index in [9.17, 15) is 9.59 Å². The monoisotopic (exact) mass is 385 g/mol. The van der Waals surface area contributed by atoms with Gasteiger partial charge in [0, 0.05) is 37.8 Å². The zero-order valence-corrected chi connectivity index (χ0v) is 17.7. The van der Waals surface area contributed by atoms with Gasteiger partial charge >= 0.3 is 0 Å². The average molecular weight is 386 g/mol. The van der Waals surface area contributed by atoms with E-state index in [0.29, 0.717) is 25.7 Å². The highest BCUT2D eigenvalue weighted by Crippen LogP contribution is 2.22. The van der Waals surface area contributed by atoms with Gasteiger partial charge in [0.15, 0.2) is 0 Å². The van der Waals surface area contributed by atoms with Crippen molar-refractivity contribution in [2.75, 3.05) is 32.7 Å². The molecule has 2 aliphatic rings. The van der Waals surface area contributed by atoms with Crippen molar-refractivity contribution in [3.05, 3.63) is 35.4 Å². The Bertz CT molecular complexity index is 664. The van der Waals surface area contributed by atoms with Crippen LogP contribution in [0.3, 0.4) is 0 Å². The van der Waals surface area contributed by atoms with Crippen molar-refractivity contribution in [1.29, 1.82) is 0 Å². The molecule has 0 unspecified atom stereocenters. The highest BCUT2D eigenvalue weighted by atomic mass is 16.2. The van der Waals surface area contributed by atoms with Gasteiger partial charge in [-0.25, -0.2) is 0 Å². The van der Waals surface area contributed by atoms with Gasteiger partial charge in [0.1, 0.15) is 0 Å². The van der Waals surface area contributed by atoms with Crippen molar-refractivity contribution >= 4 is 11.8 Å². The number of hydrogen-bond acceptors (Lipinski definition) is 3. The number of benzene rings is 1. The van der Waals surface area contributed by atoms with E-state index in [2.05, 4.69) is 43.1 Å². The Labute approximate surface area is 169 Å². The highest BCUT2D eigenvalue weighted by molar-refractivity contribution is 5.94. The van der Waals surface area contributed by atoms with Gasteiger partial charge in [-0.05, 0) is 36.0 Å². The zero-order valence-electron chi connectivity index (χ0n) is 17.7. The van der Waals surface area contributed by atoms with E-state index in [1.54, 1.807) is 0 Å². The van der Waals surface area contributed by atoms with Crippen molar-refractivity contribution in [2.24, 2.45) is 0 Å². The number of nitrogens with zero attached hydrogens (tertiary/aromatic N) is 2. The summed E-state index contributed by atoms with van der Waals surface area (Å²) in [5.41, 5.74) is 2.07. The molecule has 1 aromatic carbocycles. The summed E-state index contributed by atoms with van der Waals surface area (Å²) in [6.45, 7) is 9.83. The van der Waals surface area contributed by atoms with Crippen LogP contribution in [0.15, 0.2) is 24.3 Å². The first-order valence-corrected chi connectivity index (χ1v) is 10.7. The maximum Gasteiger partial charge on any atom is 0.253 e. The molecule has 1 aliphatic carbocycles. The summed E-state index contributed by atoms with van der Waals surface area (Å²) < 4.78 is 0. The molecular weight excluding hydrogens is 350 g/mol. The molecule has 154 valence electrons. The molecule has 1 heterocycles. The van der Waals surface area contributed by atoms with Crippen molar-refractivity contribution < 1.29 is 9.59 Å². The molecule has 0 aromatic heterocycles. The van der Waals surface area contributed by atoms with Gasteiger partial charge in [-0.1, -0.05) is 52.2 Å². The SMILES string of the molecule is CC(C)(C)c1ccc(C(=O)N2CCN(CC(=O)NC3CCCCC3)CC2)cc1. The molecule has 1 aromatic rings. The molecule has 0 radical (unpaired) electrons. The number of hydrogen-bond donors (Lipinski definition) is 1. The van der Waals surface area contributed by atoms with E-state index in [4.69, 9.17) is 0 Å². The minimum atomic E-state index is 0.0887. The molecule has 5 heteroatoms. The summed E-state index contributed by atoms with van der Waals surface area (Å²) in [6.07, 6.45) is 5.97. The molecule has 0 atom stereocenters. The van der Waals surface area contributed by atoms with Crippen LogP contribution in [-0.4, -0.2) is 60.4 Å². The van der Waals surface area contributed by atoms with Crippen LogP contribution in [0.25, 0.3) is 0 Å². The molecule has 1 saturated heterocycles. The fourth-order valence-electron chi connectivity index (χ4n) is 4.13. The van der Waals surface area contributed by atoms with E-state index in [0.717, 1.165) is 31.5 Å². The van der Waals surface area contributed by atoms with Crippen LogP contribution >= 0.6 is 0 Å². The second-order valence-electron chi connectivity index (χ2n) is 9.30. The Kier molecular flexibility index (Phi) is 6.76. The topological polar surface area (TPSA) is 52.7 Å². The average Bonchev–Trinajstić information content (AvgIpc) is 2.68. The fraction of sp³-hybridized carbons (Fsp3) is 0.652. The highest BCUT2D eigenvalue weighted by Gasteiger charge is 2.24. The zero-order chi connectivity index (χ0) is 20.1. The predicted octanol–water partition coefficient (Wildman–Crippen LogP) is 3.19. The summed E-state index contributed by atoms with van der Waals surface area (Å²) in [4.78, 5) is 29.1. The lowest BCUT2D eigenvalue weighted by Gasteiger charge is -2.35. The van der Waals surface area contributed by atoms with E-state index in [-0.39, 0.29) is 17.2 Å². The minimum absolute atomic E-state index is 0.0887. The first kappa shape index (κ1) is 20.8. The molecule has 2 amide bonds. The largest absolute Gasteiger partial charge is 0.352 e. The van der Waals surface area contributed by atoms with Gasteiger partial charge in [0.25, 0.3) is 5.91 Å². The minimum Gasteiger partial charge on any atom is -0.352 e. The lowest BCUT2D eigenvalue weighted by Crippen LogP contribution is -2.52. The Balaban J connectivity index is 1.45. The van der Waals surface area contributed by atoms with Crippen LogP contribution in [0, 0.1) is 0 Å². The van der Waals surface area contributed by atoms with Crippen LogP contribution < -0.4 is 5.32 Å². The third kappa shape index (κ3) is 5.57. The second kappa shape index (κ2) is 9.08. The maximum absolute atomic E-state index is 12.8. The van der Waals surface area contributed by atoms with Crippen molar-refractivity contribution in [1.82, 2.24) is 15.1 Å². The lowest BCUT2D eigenvalue weighted by molar-refractivity contribution is -0.123. The van der Waals surface area contributed by atoms with Crippen LogP contribution in [0.5, 0.6) is 0 Å². The molecule has 1 aliphatic heterocycles. The van der Waals surface area contributed by atoms with Gasteiger partial charge in [-0.15, -0.1) is 0 Å². The quantitative estimate of drug-likeness (QED) is 0.866. The van der Waals surface area contributed by atoms with Crippen molar-refractivity contribution in [3.8, 4) is 0 Å². The summed E-state index contributed by atoms with van der Waals surface area (Å²) in [7, 11) is 0. The summed E-state index contributed by atoms with van der Waals surface area (Å²) in [6, 6.07) is 8.35. The van der Waals surface area contributed by atoms with E-state index in [1.807, 2.05) is 17.0 Å². The van der Waals surface area contributed by atoms with E-state index < -0.39 is 0 Å². The molecule has 0 spiro atoms. The molecular formula is C23H35N3O2. The van der Waals surface area contributed by atoms with E-state index in [1.165, 1.54) is 24.8 Å². The summed E-state index contributed by atoms with van der Waals surface area (Å²) in [5, 5.41) is 3.18. The normalized spacial score (nSPS) is 19.5. The van der Waals surface area contributed by atoms with Crippen LogP contribution in [0.1, 0.15) is 68.8 Å². The standard InChI is InChI=1S/C23H35N3O2/c1-23(2,3)19-11-9-18(10-12-19)22(28)26-15-13-25(14-16-26)17-21(27)24-20-7-5-4-6-8-20/h9-12,20H,4-8,13-17H2,1-3H3,(H,24,27). The molecule has 5 nitrogen and oxygen atoms in total.